The highest BCUT2D eigenvalue weighted by atomic mass is 16.6. The zero-order chi connectivity index (χ0) is 59.9. The van der Waals surface area contributed by atoms with Crippen LogP contribution < -0.4 is 0 Å². The lowest BCUT2D eigenvalue weighted by molar-refractivity contribution is -0.167. The van der Waals surface area contributed by atoms with Gasteiger partial charge in [-0.2, -0.15) is 0 Å². The van der Waals surface area contributed by atoms with Gasteiger partial charge in [0.2, 0.25) is 0 Å². The Morgan fingerprint density at radius 3 is 0.795 bits per heavy atom. The van der Waals surface area contributed by atoms with Gasteiger partial charge in [0.15, 0.2) is 6.10 Å². The molecule has 0 saturated carbocycles. The number of esters is 3. The molecule has 0 spiro atoms. The van der Waals surface area contributed by atoms with Gasteiger partial charge >= 0.3 is 17.9 Å². The molecule has 0 aromatic heterocycles. The van der Waals surface area contributed by atoms with Gasteiger partial charge in [-0.3, -0.25) is 14.4 Å². The number of unbranched alkanes of at least 4 members (excludes halogenated alkanes) is 29. The van der Waals surface area contributed by atoms with Crippen molar-refractivity contribution in [2.45, 2.75) is 322 Å². The Kier molecular flexibility index (Phi) is 66.3. The highest BCUT2D eigenvalue weighted by Gasteiger charge is 2.19. The minimum atomic E-state index is -0.807. The van der Waals surface area contributed by atoms with Crippen LogP contribution in [-0.2, 0) is 28.6 Å². The summed E-state index contributed by atoms with van der Waals surface area (Å²) in [7, 11) is 0. The van der Waals surface area contributed by atoms with Crippen molar-refractivity contribution < 1.29 is 28.6 Å². The van der Waals surface area contributed by atoms with E-state index in [2.05, 4.69) is 154 Å². The lowest BCUT2D eigenvalue weighted by Gasteiger charge is -2.18. The van der Waals surface area contributed by atoms with Crippen molar-refractivity contribution in [1.29, 1.82) is 0 Å². The summed E-state index contributed by atoms with van der Waals surface area (Å²) in [6.45, 7) is 6.48. The van der Waals surface area contributed by atoms with Gasteiger partial charge in [0.05, 0.1) is 0 Å². The first-order chi connectivity index (χ1) is 41.0. The topological polar surface area (TPSA) is 78.9 Å². The molecule has 6 nitrogen and oxygen atoms in total. The second-order valence-electron chi connectivity index (χ2n) is 22.7. The van der Waals surface area contributed by atoms with Crippen LogP contribution in [-0.4, -0.2) is 37.2 Å². The molecular weight excluding hydrogens is 1020 g/mol. The summed E-state index contributed by atoms with van der Waals surface area (Å²) < 4.78 is 16.9. The van der Waals surface area contributed by atoms with Crippen molar-refractivity contribution in [3.05, 3.63) is 134 Å². The predicted molar refractivity (Wildman–Crippen MR) is 362 cm³/mol. The van der Waals surface area contributed by atoms with Gasteiger partial charge in [0, 0.05) is 19.3 Å². The SMILES string of the molecule is CC/C=C\C/C=C\C/C=C\C/C=C\C/C=C\C/C=C\C/C=C\C/C=C\CCCCC(=O)OCC(COC(=O)CCCCCCCCC/C=C\C/C=C\CCCCC)OC(=O)CCCCCCCCCCC/C=C\CCCCCCCCCC. The van der Waals surface area contributed by atoms with Crippen molar-refractivity contribution in [2.24, 2.45) is 0 Å². The molecule has 1 atom stereocenters. The fraction of sp³-hybridized carbons (Fsp3) is 0.675. The number of rotatable bonds is 62. The maximum atomic E-state index is 13.0. The van der Waals surface area contributed by atoms with Crippen LogP contribution in [0, 0.1) is 0 Å². The summed E-state index contributed by atoms with van der Waals surface area (Å²) in [5, 5.41) is 0. The Morgan fingerprint density at radius 1 is 0.253 bits per heavy atom. The highest BCUT2D eigenvalue weighted by Crippen LogP contribution is 2.16. The van der Waals surface area contributed by atoms with E-state index in [0.717, 1.165) is 116 Å². The predicted octanol–water partition coefficient (Wildman–Crippen LogP) is 24.1. The van der Waals surface area contributed by atoms with Gasteiger partial charge in [-0.25, -0.2) is 0 Å². The van der Waals surface area contributed by atoms with Gasteiger partial charge in [0.25, 0.3) is 0 Å². The van der Waals surface area contributed by atoms with E-state index in [1.54, 1.807) is 0 Å². The lowest BCUT2D eigenvalue weighted by atomic mass is 10.1. The Hall–Kier alpha value is -4.45. The lowest BCUT2D eigenvalue weighted by Crippen LogP contribution is -2.30. The summed E-state index contributed by atoms with van der Waals surface area (Å²) >= 11 is 0. The first kappa shape index (κ1) is 78.5. The Labute approximate surface area is 513 Å². The van der Waals surface area contributed by atoms with Crippen LogP contribution in [0.15, 0.2) is 134 Å². The molecule has 83 heavy (non-hydrogen) atoms. The van der Waals surface area contributed by atoms with E-state index in [0.29, 0.717) is 25.7 Å². The zero-order valence-electron chi connectivity index (χ0n) is 54.2. The average Bonchev–Trinajstić information content (AvgIpc) is 3.49. The van der Waals surface area contributed by atoms with Gasteiger partial charge in [-0.1, -0.05) is 289 Å². The molecule has 0 aromatic rings. The third-order valence-electron chi connectivity index (χ3n) is 14.6. The molecule has 6 heteroatoms. The number of hydrogen-bond donors (Lipinski definition) is 0. The quantitative estimate of drug-likeness (QED) is 0.0261. The maximum Gasteiger partial charge on any atom is 0.306 e. The largest absolute Gasteiger partial charge is 0.462 e. The molecule has 0 aromatic carbocycles. The molecule has 0 bridgehead atoms. The second kappa shape index (κ2) is 70.0. The number of carbonyl (C=O) groups excluding carboxylic acids is 3. The van der Waals surface area contributed by atoms with E-state index in [9.17, 15) is 14.4 Å². The molecule has 0 aliphatic carbocycles. The molecule has 0 heterocycles. The smallest absolute Gasteiger partial charge is 0.306 e. The Morgan fingerprint density at radius 2 is 0.470 bits per heavy atom. The van der Waals surface area contributed by atoms with Crippen LogP contribution in [0.5, 0.6) is 0 Å². The number of allylic oxidation sites excluding steroid dienone is 22. The fourth-order valence-electron chi connectivity index (χ4n) is 9.43. The van der Waals surface area contributed by atoms with E-state index in [1.165, 1.54) is 154 Å². The molecule has 0 rings (SSSR count). The summed E-state index contributed by atoms with van der Waals surface area (Å²) in [5.74, 6) is -0.947. The van der Waals surface area contributed by atoms with E-state index >= 15 is 0 Å². The van der Waals surface area contributed by atoms with Gasteiger partial charge < -0.3 is 14.2 Å². The summed E-state index contributed by atoms with van der Waals surface area (Å²) in [6.07, 6.45) is 98.9. The first-order valence-electron chi connectivity index (χ1n) is 34.7. The minimum Gasteiger partial charge on any atom is -0.462 e. The van der Waals surface area contributed by atoms with E-state index < -0.39 is 6.10 Å². The van der Waals surface area contributed by atoms with Crippen molar-refractivity contribution in [3.8, 4) is 0 Å². The molecule has 0 aliphatic heterocycles. The molecule has 0 amide bonds. The van der Waals surface area contributed by atoms with Crippen molar-refractivity contribution in [1.82, 2.24) is 0 Å². The molecule has 0 N–H and O–H groups in total. The van der Waals surface area contributed by atoms with Crippen LogP contribution in [0.25, 0.3) is 0 Å². The average molecular weight is 1150 g/mol. The fourth-order valence-corrected chi connectivity index (χ4v) is 9.43. The molecule has 0 radical (unpaired) electrons. The third kappa shape index (κ3) is 68.2. The highest BCUT2D eigenvalue weighted by molar-refractivity contribution is 5.71. The summed E-state index contributed by atoms with van der Waals surface area (Å²) in [5.41, 5.74) is 0. The number of carbonyl (C=O) groups is 3. The van der Waals surface area contributed by atoms with Crippen LogP contribution in [0.3, 0.4) is 0 Å². The molecule has 0 aliphatic rings. The van der Waals surface area contributed by atoms with E-state index in [1.807, 2.05) is 0 Å². The summed E-state index contributed by atoms with van der Waals surface area (Å²) in [4.78, 5) is 38.4. The minimum absolute atomic E-state index is 0.0994. The number of ether oxygens (including phenoxy) is 3. The summed E-state index contributed by atoms with van der Waals surface area (Å²) in [6, 6.07) is 0. The van der Waals surface area contributed by atoms with Crippen LogP contribution >= 0.6 is 0 Å². The zero-order valence-corrected chi connectivity index (χ0v) is 54.2. The van der Waals surface area contributed by atoms with Gasteiger partial charge in [-0.05, 0) is 141 Å². The van der Waals surface area contributed by atoms with Crippen LogP contribution in [0.1, 0.15) is 316 Å². The molecular formula is C77H128O6. The van der Waals surface area contributed by atoms with Crippen molar-refractivity contribution in [3.63, 3.8) is 0 Å². The van der Waals surface area contributed by atoms with E-state index in [-0.39, 0.29) is 31.1 Å². The molecule has 0 fully saturated rings. The maximum absolute atomic E-state index is 13.0. The van der Waals surface area contributed by atoms with Gasteiger partial charge in [-0.15, -0.1) is 0 Å². The van der Waals surface area contributed by atoms with E-state index in [4.69, 9.17) is 14.2 Å². The monoisotopic (exact) mass is 1150 g/mol. The van der Waals surface area contributed by atoms with Crippen LogP contribution in [0.2, 0.25) is 0 Å². The normalized spacial score (nSPS) is 13.0. The third-order valence-corrected chi connectivity index (χ3v) is 14.6. The Bertz CT molecular complexity index is 1750. The van der Waals surface area contributed by atoms with Gasteiger partial charge in [0.1, 0.15) is 13.2 Å². The standard InChI is InChI=1S/C77H128O6/c1-4-7-10-13-16-19-22-25-28-31-33-35-36-37-38-39-40-42-43-46-49-52-55-58-61-64-67-70-76(79)82-73-74(72-81-75(78)69-66-63-60-57-54-51-48-45-30-27-24-21-18-15-12-9-6-3)83-77(80)71-68-65-62-59-56-53-50-47-44-41-34-32-29-26-23-20-17-14-11-8-5-2/h7,10,16,18-19,21,25,27-28,30,32-35,37-38,40,42,46,49,55,58,74H,4-6,8-9,11-15,17,20,22-24,26,29,31,36,39,41,43-45,47-48,50-54,56-57,59-73H2,1-3H3/b10-7-,19-16-,21-18-,28-25-,30-27-,34-32-,35-33-,38-37-,42-40-,49-46-,58-55-. The number of hydrogen-bond acceptors (Lipinski definition) is 6. The Balaban J connectivity index is 4.48. The van der Waals surface area contributed by atoms with Crippen LogP contribution in [0.4, 0.5) is 0 Å². The second-order valence-corrected chi connectivity index (χ2v) is 22.7. The van der Waals surface area contributed by atoms with Crippen molar-refractivity contribution >= 4 is 17.9 Å². The molecule has 0 saturated heterocycles. The molecule has 1 unspecified atom stereocenters. The molecule has 472 valence electrons. The first-order valence-corrected chi connectivity index (χ1v) is 34.7. The van der Waals surface area contributed by atoms with Crippen molar-refractivity contribution in [2.75, 3.05) is 13.2 Å².